The fourth-order valence-corrected chi connectivity index (χ4v) is 2.78. The number of nitro groups is 1. The third-order valence-electron chi connectivity index (χ3n) is 4.28. The van der Waals surface area contributed by atoms with E-state index in [-0.39, 0.29) is 11.6 Å². The molecule has 0 saturated heterocycles. The number of carbonyl (C=O) groups is 1. The van der Waals surface area contributed by atoms with Gasteiger partial charge in [0.2, 0.25) is 0 Å². The number of hydrogen-bond donors (Lipinski definition) is 2. The van der Waals surface area contributed by atoms with Crippen LogP contribution in [0.25, 0.3) is 10.9 Å². The Balaban J connectivity index is 1.58. The maximum atomic E-state index is 12.5. The first-order chi connectivity index (χ1) is 13.5. The molecule has 3 aromatic rings. The molecule has 3 rings (SSSR count). The Morgan fingerprint density at radius 3 is 2.57 bits per heavy atom. The molecule has 2 aromatic carbocycles. The number of nitro benzene ring substituents is 1. The normalized spacial score (nSPS) is 10.5. The van der Waals surface area contributed by atoms with Crippen molar-refractivity contribution < 1.29 is 14.5 Å². The number of fused-ring (bicyclic) bond motifs is 1. The molecule has 0 aliphatic heterocycles. The van der Waals surface area contributed by atoms with Crippen molar-refractivity contribution >= 4 is 28.2 Å². The van der Waals surface area contributed by atoms with Crippen LogP contribution in [-0.4, -0.2) is 36.0 Å². The average molecular weight is 380 g/mol. The van der Waals surface area contributed by atoms with E-state index in [9.17, 15) is 14.9 Å². The lowest BCUT2D eigenvalue weighted by molar-refractivity contribution is -0.384. The van der Waals surface area contributed by atoms with Crippen LogP contribution in [-0.2, 0) is 0 Å². The Morgan fingerprint density at radius 2 is 1.89 bits per heavy atom. The quantitative estimate of drug-likeness (QED) is 0.370. The lowest BCUT2D eigenvalue weighted by Gasteiger charge is -2.10. The van der Waals surface area contributed by atoms with Gasteiger partial charge in [-0.3, -0.25) is 19.9 Å². The minimum absolute atomic E-state index is 0.0377. The third kappa shape index (κ3) is 4.35. The van der Waals surface area contributed by atoms with E-state index in [0.29, 0.717) is 30.1 Å². The number of aryl methyl sites for hydroxylation is 1. The number of ether oxygens (including phenoxy) is 1. The summed E-state index contributed by atoms with van der Waals surface area (Å²) in [5, 5.41) is 17.5. The van der Waals surface area contributed by atoms with Crippen LogP contribution in [0.2, 0.25) is 0 Å². The molecule has 1 amide bonds. The molecule has 0 aliphatic carbocycles. The van der Waals surface area contributed by atoms with Gasteiger partial charge < -0.3 is 15.4 Å². The number of amides is 1. The highest BCUT2D eigenvalue weighted by molar-refractivity contribution is 5.98. The molecule has 1 aromatic heterocycles. The molecule has 0 unspecified atom stereocenters. The monoisotopic (exact) mass is 380 g/mol. The number of rotatable bonds is 7. The maximum absolute atomic E-state index is 12.5. The summed E-state index contributed by atoms with van der Waals surface area (Å²) in [5.74, 6) is 0.516. The molecule has 144 valence electrons. The van der Waals surface area contributed by atoms with Gasteiger partial charge in [0.15, 0.2) is 0 Å². The van der Waals surface area contributed by atoms with E-state index in [4.69, 9.17) is 4.74 Å². The summed E-state index contributed by atoms with van der Waals surface area (Å²) in [6.07, 6.45) is 0. The molecule has 2 N–H and O–H groups in total. The molecule has 8 nitrogen and oxygen atoms in total. The largest absolute Gasteiger partial charge is 0.497 e. The van der Waals surface area contributed by atoms with Gasteiger partial charge in [-0.2, -0.15) is 0 Å². The summed E-state index contributed by atoms with van der Waals surface area (Å²) in [6, 6.07) is 13.5. The number of carbonyl (C=O) groups excluding carboxylic acids is 1. The van der Waals surface area contributed by atoms with Crippen molar-refractivity contribution in [3.05, 3.63) is 69.9 Å². The highest BCUT2D eigenvalue weighted by Crippen LogP contribution is 2.21. The smallest absolute Gasteiger partial charge is 0.269 e. The van der Waals surface area contributed by atoms with Crippen molar-refractivity contribution in [3.8, 4) is 5.75 Å². The first kappa shape index (κ1) is 19.1. The highest BCUT2D eigenvalue weighted by atomic mass is 16.6. The summed E-state index contributed by atoms with van der Waals surface area (Å²) in [5.41, 5.74) is 2.72. The van der Waals surface area contributed by atoms with Crippen molar-refractivity contribution in [2.24, 2.45) is 0 Å². The number of benzene rings is 2. The zero-order valence-electron chi connectivity index (χ0n) is 15.6. The van der Waals surface area contributed by atoms with Crippen LogP contribution in [0.15, 0.2) is 48.5 Å². The molecule has 0 spiro atoms. The zero-order valence-corrected chi connectivity index (χ0v) is 15.6. The van der Waals surface area contributed by atoms with Gasteiger partial charge in [-0.15, -0.1) is 0 Å². The summed E-state index contributed by atoms with van der Waals surface area (Å²) in [4.78, 5) is 27.2. The topological polar surface area (TPSA) is 106 Å². The summed E-state index contributed by atoms with van der Waals surface area (Å²) < 4.78 is 5.20. The molecule has 1 heterocycles. The molecule has 0 saturated carbocycles. The number of aromatic nitrogens is 1. The number of non-ortho nitro benzene ring substituents is 1. The van der Waals surface area contributed by atoms with E-state index in [1.807, 2.05) is 24.3 Å². The van der Waals surface area contributed by atoms with Crippen LogP contribution >= 0.6 is 0 Å². The second kappa shape index (κ2) is 8.34. The summed E-state index contributed by atoms with van der Waals surface area (Å²) >= 11 is 0. The Bertz CT molecular complexity index is 1020. The predicted octanol–water partition coefficient (Wildman–Crippen LogP) is 3.30. The molecule has 0 atom stereocenters. The van der Waals surface area contributed by atoms with Gasteiger partial charge >= 0.3 is 0 Å². The van der Waals surface area contributed by atoms with Crippen molar-refractivity contribution in [2.75, 3.05) is 25.5 Å². The number of nitrogens with one attached hydrogen (secondary N) is 2. The number of methoxy groups -OCH3 is 1. The van der Waals surface area contributed by atoms with E-state index in [1.54, 1.807) is 26.2 Å². The van der Waals surface area contributed by atoms with Gasteiger partial charge in [-0.1, -0.05) is 0 Å². The first-order valence-electron chi connectivity index (χ1n) is 8.70. The molecular formula is C20H20N4O4. The number of pyridine rings is 1. The predicted molar refractivity (Wildman–Crippen MR) is 107 cm³/mol. The van der Waals surface area contributed by atoms with Crippen LogP contribution in [0, 0.1) is 17.0 Å². The fourth-order valence-electron chi connectivity index (χ4n) is 2.78. The molecular weight excluding hydrogens is 360 g/mol. The highest BCUT2D eigenvalue weighted by Gasteiger charge is 2.12. The van der Waals surface area contributed by atoms with E-state index in [2.05, 4.69) is 15.6 Å². The van der Waals surface area contributed by atoms with Crippen LogP contribution in [0.5, 0.6) is 5.75 Å². The molecule has 0 radical (unpaired) electrons. The van der Waals surface area contributed by atoms with Gasteiger partial charge in [0.25, 0.3) is 11.6 Å². The minimum atomic E-state index is -0.444. The Hall–Kier alpha value is -3.68. The minimum Gasteiger partial charge on any atom is -0.497 e. The van der Waals surface area contributed by atoms with Gasteiger partial charge in [0.1, 0.15) is 5.75 Å². The molecule has 8 heteroatoms. The van der Waals surface area contributed by atoms with Crippen molar-refractivity contribution in [3.63, 3.8) is 0 Å². The zero-order chi connectivity index (χ0) is 20.1. The number of hydrogen-bond acceptors (Lipinski definition) is 6. The van der Waals surface area contributed by atoms with E-state index in [0.717, 1.165) is 16.6 Å². The standard InChI is InChI=1S/C20H20N4O4/c1-13-18(11-14-3-8-17(28-2)12-19(14)23-13)20(25)22-10-9-21-15-4-6-16(7-5-15)24(26)27/h3-8,11-12,21H,9-10H2,1-2H3,(H,22,25). The third-order valence-corrected chi connectivity index (χ3v) is 4.28. The van der Waals surface area contributed by atoms with Crippen LogP contribution in [0.1, 0.15) is 16.1 Å². The Morgan fingerprint density at radius 1 is 1.14 bits per heavy atom. The first-order valence-corrected chi connectivity index (χ1v) is 8.70. The number of anilines is 1. The van der Waals surface area contributed by atoms with Crippen molar-refractivity contribution in [2.45, 2.75) is 6.92 Å². The Labute approximate surface area is 161 Å². The van der Waals surface area contributed by atoms with Gasteiger partial charge in [0, 0.05) is 42.4 Å². The van der Waals surface area contributed by atoms with Gasteiger partial charge in [-0.05, 0) is 37.3 Å². The van der Waals surface area contributed by atoms with Crippen molar-refractivity contribution in [1.82, 2.24) is 10.3 Å². The second-order valence-corrected chi connectivity index (χ2v) is 6.17. The average Bonchev–Trinajstić information content (AvgIpc) is 2.70. The lowest BCUT2D eigenvalue weighted by Crippen LogP contribution is -2.29. The lowest BCUT2D eigenvalue weighted by atomic mass is 10.1. The second-order valence-electron chi connectivity index (χ2n) is 6.17. The summed E-state index contributed by atoms with van der Waals surface area (Å²) in [6.45, 7) is 2.68. The van der Waals surface area contributed by atoms with Gasteiger partial charge in [0.05, 0.1) is 28.8 Å². The molecule has 28 heavy (non-hydrogen) atoms. The van der Waals surface area contributed by atoms with Gasteiger partial charge in [-0.25, -0.2) is 0 Å². The molecule has 0 bridgehead atoms. The van der Waals surface area contributed by atoms with E-state index >= 15 is 0 Å². The molecule has 0 aliphatic rings. The van der Waals surface area contributed by atoms with Crippen LogP contribution in [0.4, 0.5) is 11.4 Å². The Kier molecular flexibility index (Phi) is 5.69. The van der Waals surface area contributed by atoms with Crippen LogP contribution < -0.4 is 15.4 Å². The van der Waals surface area contributed by atoms with Crippen LogP contribution in [0.3, 0.4) is 0 Å². The SMILES string of the molecule is COc1ccc2cc(C(=O)NCCNc3ccc([N+](=O)[O-])cc3)c(C)nc2c1. The van der Waals surface area contributed by atoms with E-state index < -0.39 is 4.92 Å². The molecule has 0 fully saturated rings. The summed E-state index contributed by atoms with van der Waals surface area (Å²) in [7, 11) is 1.60. The number of nitrogens with zero attached hydrogens (tertiary/aromatic N) is 2. The fraction of sp³-hybridized carbons (Fsp3) is 0.200. The van der Waals surface area contributed by atoms with Crippen molar-refractivity contribution in [1.29, 1.82) is 0 Å². The maximum Gasteiger partial charge on any atom is 0.269 e. The van der Waals surface area contributed by atoms with E-state index in [1.165, 1.54) is 12.1 Å².